The first-order valence-electron chi connectivity index (χ1n) is 9.01. The van der Waals surface area contributed by atoms with Crippen LogP contribution in [-0.4, -0.2) is 15.9 Å². The number of benzene rings is 3. The van der Waals surface area contributed by atoms with Gasteiger partial charge in [0.1, 0.15) is 0 Å². The Morgan fingerprint density at radius 3 is 2.42 bits per heavy atom. The molecule has 1 heterocycles. The van der Waals surface area contributed by atoms with Crippen LogP contribution in [0.25, 0.3) is 22.0 Å². The first-order valence-corrected chi connectivity index (χ1v) is 9.80. The molecule has 4 rings (SSSR count). The molecule has 1 aromatic heterocycles. The summed E-state index contributed by atoms with van der Waals surface area (Å²) in [4.78, 5) is 20.9. The number of hydrogen-bond acceptors (Lipinski definition) is 4. The smallest absolute Gasteiger partial charge is 0.368 e. The summed E-state index contributed by atoms with van der Waals surface area (Å²) in [6.07, 6.45) is -2.81. The molecule has 0 bridgehead atoms. The average molecular weight is 487 g/mol. The van der Waals surface area contributed by atoms with Gasteiger partial charge in [0.25, 0.3) is 5.91 Å². The number of rotatable bonds is 3. The quantitative estimate of drug-likeness (QED) is 0.377. The van der Waals surface area contributed by atoms with Crippen LogP contribution in [0, 0.1) is 0 Å². The third kappa shape index (κ3) is 4.66. The van der Waals surface area contributed by atoms with E-state index in [1.54, 1.807) is 18.3 Å². The molecule has 3 N–H and O–H groups in total. The van der Waals surface area contributed by atoms with Gasteiger partial charge in [-0.1, -0.05) is 22.0 Å². The van der Waals surface area contributed by atoms with Crippen LogP contribution in [0.5, 0.6) is 0 Å². The van der Waals surface area contributed by atoms with Gasteiger partial charge in [0, 0.05) is 27.3 Å². The van der Waals surface area contributed by atoms with E-state index in [-0.39, 0.29) is 11.6 Å². The second kappa shape index (κ2) is 7.99. The highest BCUT2D eigenvalue weighted by Crippen LogP contribution is 2.31. The Labute approximate surface area is 183 Å². The van der Waals surface area contributed by atoms with Crippen molar-refractivity contribution in [3.05, 3.63) is 82.5 Å². The van der Waals surface area contributed by atoms with Gasteiger partial charge in [-0.05, 0) is 65.7 Å². The van der Waals surface area contributed by atoms with Crippen molar-refractivity contribution in [1.29, 1.82) is 0 Å². The van der Waals surface area contributed by atoms with Gasteiger partial charge in [0.2, 0.25) is 5.95 Å². The van der Waals surface area contributed by atoms with Crippen molar-refractivity contribution in [3.63, 3.8) is 0 Å². The largest absolute Gasteiger partial charge is 0.416 e. The molecule has 31 heavy (non-hydrogen) atoms. The number of carbonyl (C=O) groups excluding carboxylic acids is 1. The number of nitrogens with one attached hydrogen (secondary N) is 1. The zero-order valence-electron chi connectivity index (χ0n) is 15.7. The second-order valence-corrected chi connectivity index (χ2v) is 7.68. The number of fused-ring (bicyclic) bond motifs is 1. The second-order valence-electron chi connectivity index (χ2n) is 6.76. The fourth-order valence-electron chi connectivity index (χ4n) is 3.06. The van der Waals surface area contributed by atoms with Gasteiger partial charge < -0.3 is 11.1 Å². The number of halogens is 4. The molecule has 0 aliphatic heterocycles. The van der Waals surface area contributed by atoms with E-state index in [1.165, 1.54) is 12.1 Å². The Hall–Kier alpha value is -3.46. The maximum absolute atomic E-state index is 12.7. The van der Waals surface area contributed by atoms with Crippen LogP contribution in [0.1, 0.15) is 15.9 Å². The molecule has 0 saturated carbocycles. The van der Waals surface area contributed by atoms with Gasteiger partial charge in [0.05, 0.1) is 11.1 Å². The van der Waals surface area contributed by atoms with Crippen molar-refractivity contribution < 1.29 is 18.0 Å². The Morgan fingerprint density at radius 1 is 0.968 bits per heavy atom. The Kier molecular flexibility index (Phi) is 5.36. The summed E-state index contributed by atoms with van der Waals surface area (Å²) >= 11 is 3.41. The molecule has 5 nitrogen and oxygen atoms in total. The predicted molar refractivity (Wildman–Crippen MR) is 116 cm³/mol. The van der Waals surface area contributed by atoms with Crippen LogP contribution in [0.3, 0.4) is 0 Å². The van der Waals surface area contributed by atoms with E-state index < -0.39 is 17.6 Å². The van der Waals surface area contributed by atoms with Crippen molar-refractivity contribution in [3.8, 4) is 11.1 Å². The Morgan fingerprint density at radius 2 is 1.71 bits per heavy atom. The summed E-state index contributed by atoms with van der Waals surface area (Å²) in [5, 5.41) is 3.41. The summed E-state index contributed by atoms with van der Waals surface area (Å²) in [7, 11) is 0. The summed E-state index contributed by atoms with van der Waals surface area (Å²) in [6.45, 7) is 0. The van der Waals surface area contributed by atoms with E-state index in [2.05, 4.69) is 31.2 Å². The lowest BCUT2D eigenvalue weighted by molar-refractivity contribution is -0.137. The average Bonchev–Trinajstić information content (AvgIpc) is 2.72. The van der Waals surface area contributed by atoms with Crippen molar-refractivity contribution in [2.75, 3.05) is 11.1 Å². The molecule has 4 aromatic rings. The highest BCUT2D eigenvalue weighted by molar-refractivity contribution is 9.10. The van der Waals surface area contributed by atoms with Gasteiger partial charge >= 0.3 is 6.18 Å². The summed E-state index contributed by atoms with van der Waals surface area (Å²) in [5.41, 5.74) is 7.75. The molecule has 156 valence electrons. The molecular weight excluding hydrogens is 473 g/mol. The summed E-state index contributed by atoms with van der Waals surface area (Å²) in [5.74, 6) is -0.260. The van der Waals surface area contributed by atoms with Gasteiger partial charge in [-0.2, -0.15) is 13.2 Å². The lowest BCUT2D eigenvalue weighted by Gasteiger charge is -2.11. The Bertz CT molecular complexity index is 1290. The number of anilines is 2. The molecule has 0 aliphatic rings. The van der Waals surface area contributed by atoms with Crippen LogP contribution in [0.2, 0.25) is 0 Å². The van der Waals surface area contributed by atoms with Crippen molar-refractivity contribution >= 4 is 44.4 Å². The van der Waals surface area contributed by atoms with Crippen molar-refractivity contribution in [2.45, 2.75) is 6.18 Å². The van der Waals surface area contributed by atoms with Crippen LogP contribution in [0.15, 0.2) is 71.3 Å². The lowest BCUT2D eigenvalue weighted by atomic mass is 10.0. The number of nitrogens with zero attached hydrogens (tertiary/aromatic N) is 2. The number of aromatic nitrogens is 2. The van der Waals surface area contributed by atoms with Crippen LogP contribution in [-0.2, 0) is 6.18 Å². The molecule has 1 amide bonds. The SMILES string of the molecule is Nc1ncc2cc(-c3cc(Br)cc(C(=O)Nc4ccc(C(F)(F)F)cc4)c3)ccc2n1. The zero-order valence-corrected chi connectivity index (χ0v) is 17.3. The summed E-state index contributed by atoms with van der Waals surface area (Å²) in [6, 6.07) is 15.0. The minimum absolute atomic E-state index is 0.185. The van der Waals surface area contributed by atoms with Crippen molar-refractivity contribution in [1.82, 2.24) is 9.97 Å². The highest BCUT2D eigenvalue weighted by Gasteiger charge is 2.30. The monoisotopic (exact) mass is 486 g/mol. The van der Waals surface area contributed by atoms with Crippen LogP contribution < -0.4 is 11.1 Å². The molecule has 3 aromatic carbocycles. The first-order chi connectivity index (χ1) is 14.7. The van der Waals surface area contributed by atoms with E-state index in [4.69, 9.17) is 5.73 Å². The Balaban J connectivity index is 1.61. The third-order valence-corrected chi connectivity index (χ3v) is 5.02. The number of amides is 1. The van der Waals surface area contributed by atoms with Crippen LogP contribution >= 0.6 is 15.9 Å². The maximum atomic E-state index is 12.7. The molecule has 0 atom stereocenters. The van der Waals surface area contributed by atoms with Gasteiger partial charge in [0.15, 0.2) is 0 Å². The summed E-state index contributed by atoms with van der Waals surface area (Å²) < 4.78 is 38.8. The molecule has 0 fully saturated rings. The number of hydrogen-bond donors (Lipinski definition) is 2. The van der Waals surface area contributed by atoms with E-state index in [9.17, 15) is 18.0 Å². The number of alkyl halides is 3. The van der Waals surface area contributed by atoms with Crippen LogP contribution in [0.4, 0.5) is 24.8 Å². The maximum Gasteiger partial charge on any atom is 0.416 e. The molecule has 0 saturated heterocycles. The van der Waals surface area contributed by atoms with Gasteiger partial charge in [-0.25, -0.2) is 9.97 Å². The van der Waals surface area contributed by atoms with E-state index in [1.807, 2.05) is 24.3 Å². The molecule has 9 heteroatoms. The predicted octanol–water partition coefficient (Wildman–Crippen LogP) is 5.91. The minimum Gasteiger partial charge on any atom is -0.368 e. The number of nitrogen functional groups attached to an aromatic ring is 1. The third-order valence-electron chi connectivity index (χ3n) is 4.56. The van der Waals surface area contributed by atoms with E-state index in [0.717, 1.165) is 28.6 Å². The number of nitrogens with two attached hydrogens (primary N) is 1. The lowest BCUT2D eigenvalue weighted by Crippen LogP contribution is -2.12. The fourth-order valence-corrected chi connectivity index (χ4v) is 3.55. The first kappa shape index (κ1) is 20.8. The minimum atomic E-state index is -4.43. The molecule has 0 spiro atoms. The topological polar surface area (TPSA) is 80.9 Å². The van der Waals surface area contributed by atoms with E-state index in [0.29, 0.717) is 15.6 Å². The normalized spacial score (nSPS) is 11.5. The highest BCUT2D eigenvalue weighted by atomic mass is 79.9. The number of carbonyl (C=O) groups is 1. The molecule has 0 aliphatic carbocycles. The standard InChI is InChI=1S/C22H14BrF3N4O/c23-17-9-13(12-1-6-19-15(7-12)11-28-21(27)30-19)8-14(10-17)20(31)29-18-4-2-16(3-5-18)22(24,25)26/h1-11H,(H,29,31)(H2,27,28,30). The van der Waals surface area contributed by atoms with E-state index >= 15 is 0 Å². The van der Waals surface area contributed by atoms with Gasteiger partial charge in [-0.3, -0.25) is 4.79 Å². The molecular formula is C22H14BrF3N4O. The van der Waals surface area contributed by atoms with Crippen molar-refractivity contribution in [2.24, 2.45) is 0 Å². The molecule has 0 radical (unpaired) electrons. The fraction of sp³-hybridized carbons (Fsp3) is 0.0455. The van der Waals surface area contributed by atoms with Gasteiger partial charge in [-0.15, -0.1) is 0 Å². The molecule has 0 unspecified atom stereocenters. The zero-order chi connectivity index (χ0) is 22.2.